The Morgan fingerprint density at radius 1 is 1.04 bits per heavy atom. The van der Waals surface area contributed by atoms with Crippen LogP contribution in [0.1, 0.15) is 6.92 Å². The largest absolute Gasteiger partial charge is 0.494 e. The third-order valence-electron chi connectivity index (χ3n) is 3.62. The molecule has 2 rings (SSSR count). The number of carbonyl (C=O) groups is 1. The summed E-state index contributed by atoms with van der Waals surface area (Å²) < 4.78 is 45.5. The van der Waals surface area contributed by atoms with E-state index in [1.54, 1.807) is 38.4 Å². The van der Waals surface area contributed by atoms with Gasteiger partial charge in [0.2, 0.25) is 5.91 Å². The zero-order valence-corrected chi connectivity index (χ0v) is 15.7. The van der Waals surface area contributed by atoms with Crippen molar-refractivity contribution < 1.29 is 22.3 Å². The van der Waals surface area contributed by atoms with Gasteiger partial charge in [0.1, 0.15) is 18.1 Å². The second kappa shape index (κ2) is 8.18. The lowest BCUT2D eigenvalue weighted by Crippen LogP contribution is -2.40. The number of amides is 1. The lowest BCUT2D eigenvalue weighted by Gasteiger charge is -2.25. The van der Waals surface area contributed by atoms with Gasteiger partial charge in [0.25, 0.3) is 10.0 Å². The fourth-order valence-corrected chi connectivity index (χ4v) is 3.60. The molecular formula is C18H21FN2O4S. The quantitative estimate of drug-likeness (QED) is 0.740. The van der Waals surface area contributed by atoms with E-state index in [2.05, 4.69) is 0 Å². The van der Waals surface area contributed by atoms with Gasteiger partial charge in [-0.05, 0) is 55.5 Å². The number of hydrogen-bond donors (Lipinski definition) is 0. The number of sulfonamides is 1. The van der Waals surface area contributed by atoms with Crippen molar-refractivity contribution in [1.82, 2.24) is 4.90 Å². The number of ether oxygens (including phenoxy) is 1. The van der Waals surface area contributed by atoms with Crippen molar-refractivity contribution in [3.63, 3.8) is 0 Å². The zero-order valence-electron chi connectivity index (χ0n) is 14.8. The molecule has 2 aromatic carbocycles. The van der Waals surface area contributed by atoms with Crippen molar-refractivity contribution in [3.05, 3.63) is 54.3 Å². The van der Waals surface area contributed by atoms with Gasteiger partial charge in [-0.15, -0.1) is 0 Å². The van der Waals surface area contributed by atoms with Crippen molar-refractivity contribution in [3.8, 4) is 5.75 Å². The highest BCUT2D eigenvalue weighted by Gasteiger charge is 2.27. The van der Waals surface area contributed by atoms with Gasteiger partial charge in [0.15, 0.2) is 0 Å². The summed E-state index contributed by atoms with van der Waals surface area (Å²) in [7, 11) is -0.957. The monoisotopic (exact) mass is 380 g/mol. The van der Waals surface area contributed by atoms with Crippen LogP contribution in [-0.2, 0) is 14.8 Å². The van der Waals surface area contributed by atoms with Crippen LogP contribution in [0.3, 0.4) is 0 Å². The Labute approximate surface area is 152 Å². The number of nitrogens with zero attached hydrogens (tertiary/aromatic N) is 2. The molecule has 0 bridgehead atoms. The van der Waals surface area contributed by atoms with Crippen molar-refractivity contribution in [2.45, 2.75) is 11.8 Å². The zero-order chi connectivity index (χ0) is 19.3. The summed E-state index contributed by atoms with van der Waals surface area (Å²) in [6.07, 6.45) is 0. The lowest BCUT2D eigenvalue weighted by atomic mass is 10.3. The average molecular weight is 380 g/mol. The molecule has 6 nitrogen and oxygen atoms in total. The number of hydrogen-bond acceptors (Lipinski definition) is 4. The number of rotatable bonds is 7. The molecule has 0 saturated carbocycles. The Morgan fingerprint density at radius 2 is 1.62 bits per heavy atom. The lowest BCUT2D eigenvalue weighted by molar-refractivity contribution is -0.127. The molecule has 1 amide bonds. The highest BCUT2D eigenvalue weighted by Crippen LogP contribution is 2.26. The molecule has 0 aliphatic carbocycles. The van der Waals surface area contributed by atoms with Crippen LogP contribution in [0.25, 0.3) is 0 Å². The van der Waals surface area contributed by atoms with Gasteiger partial charge in [0.05, 0.1) is 17.2 Å². The Kier molecular flexibility index (Phi) is 6.20. The Balaban J connectivity index is 2.46. The van der Waals surface area contributed by atoms with Crippen molar-refractivity contribution in [1.29, 1.82) is 0 Å². The molecule has 2 aromatic rings. The highest BCUT2D eigenvalue weighted by molar-refractivity contribution is 7.92. The number of carbonyl (C=O) groups excluding carboxylic acids is 1. The first-order valence-electron chi connectivity index (χ1n) is 7.97. The van der Waals surface area contributed by atoms with Crippen LogP contribution in [0, 0.1) is 5.82 Å². The van der Waals surface area contributed by atoms with Crippen LogP contribution < -0.4 is 9.04 Å². The van der Waals surface area contributed by atoms with Crippen LogP contribution in [0.15, 0.2) is 53.4 Å². The second-order valence-corrected chi connectivity index (χ2v) is 7.54. The fraction of sp³-hybridized carbons (Fsp3) is 0.278. The molecule has 0 aromatic heterocycles. The molecule has 0 heterocycles. The SMILES string of the molecule is CCOc1ccc(N(CC(=O)N(C)C)S(=O)(=O)c2ccc(F)cc2)cc1. The number of likely N-dealkylation sites (N-methyl/N-ethyl adjacent to an activating group) is 1. The van der Waals surface area contributed by atoms with Crippen LogP contribution in [-0.4, -0.2) is 46.5 Å². The Bertz CT molecular complexity index is 850. The topological polar surface area (TPSA) is 66.9 Å². The summed E-state index contributed by atoms with van der Waals surface area (Å²) >= 11 is 0. The molecule has 0 saturated heterocycles. The molecule has 0 fully saturated rings. The number of benzene rings is 2. The summed E-state index contributed by atoms with van der Waals surface area (Å²) in [6.45, 7) is 1.95. The van der Waals surface area contributed by atoms with Crippen molar-refractivity contribution in [2.75, 3.05) is 31.6 Å². The van der Waals surface area contributed by atoms with E-state index in [9.17, 15) is 17.6 Å². The first-order chi connectivity index (χ1) is 12.3. The predicted molar refractivity (Wildman–Crippen MR) is 97.2 cm³/mol. The van der Waals surface area contributed by atoms with Gasteiger partial charge in [0, 0.05) is 14.1 Å². The third-order valence-corrected chi connectivity index (χ3v) is 5.40. The summed E-state index contributed by atoms with van der Waals surface area (Å²) in [5, 5.41) is 0. The molecule has 0 unspecified atom stereocenters. The molecule has 0 atom stereocenters. The summed E-state index contributed by atoms with van der Waals surface area (Å²) in [5.74, 6) is -0.333. The molecule has 140 valence electrons. The summed E-state index contributed by atoms with van der Waals surface area (Å²) in [5.41, 5.74) is 0.313. The maximum atomic E-state index is 13.1. The van der Waals surface area contributed by atoms with Crippen LogP contribution in [0.2, 0.25) is 0 Å². The van der Waals surface area contributed by atoms with E-state index in [4.69, 9.17) is 4.74 Å². The minimum atomic E-state index is -4.05. The van der Waals surface area contributed by atoms with Gasteiger partial charge in [-0.2, -0.15) is 0 Å². The van der Waals surface area contributed by atoms with Crippen LogP contribution >= 0.6 is 0 Å². The molecule has 0 radical (unpaired) electrons. The first kappa shape index (κ1) is 19.7. The third kappa shape index (κ3) is 4.51. The summed E-state index contributed by atoms with van der Waals surface area (Å²) in [4.78, 5) is 13.4. The molecule has 0 aliphatic heterocycles. The maximum Gasteiger partial charge on any atom is 0.264 e. The van der Waals surface area contributed by atoms with Crippen LogP contribution in [0.4, 0.5) is 10.1 Å². The maximum absolute atomic E-state index is 13.1. The van der Waals surface area contributed by atoms with E-state index in [-0.39, 0.29) is 17.3 Å². The normalized spacial score (nSPS) is 11.1. The molecule has 26 heavy (non-hydrogen) atoms. The van der Waals surface area contributed by atoms with E-state index in [1.807, 2.05) is 6.92 Å². The molecule has 0 N–H and O–H groups in total. The predicted octanol–water partition coefficient (Wildman–Crippen LogP) is 2.51. The van der Waals surface area contributed by atoms with Crippen molar-refractivity contribution >= 4 is 21.6 Å². The van der Waals surface area contributed by atoms with Crippen LogP contribution in [0.5, 0.6) is 5.75 Å². The number of halogens is 1. The van der Waals surface area contributed by atoms with Gasteiger partial charge >= 0.3 is 0 Å². The minimum absolute atomic E-state index is 0.0978. The number of anilines is 1. The second-order valence-electron chi connectivity index (χ2n) is 5.68. The van der Waals surface area contributed by atoms with E-state index in [1.165, 1.54) is 17.0 Å². The highest BCUT2D eigenvalue weighted by atomic mass is 32.2. The first-order valence-corrected chi connectivity index (χ1v) is 9.41. The molecule has 0 aliphatic rings. The van der Waals surface area contributed by atoms with Gasteiger partial charge in [-0.25, -0.2) is 12.8 Å². The average Bonchev–Trinajstić information content (AvgIpc) is 2.60. The van der Waals surface area contributed by atoms with E-state index >= 15 is 0 Å². The Morgan fingerprint density at radius 3 is 2.12 bits per heavy atom. The summed E-state index contributed by atoms with van der Waals surface area (Å²) in [6, 6.07) is 10.9. The van der Waals surface area contributed by atoms with Gasteiger partial charge in [-0.1, -0.05) is 0 Å². The van der Waals surface area contributed by atoms with E-state index < -0.39 is 15.8 Å². The van der Waals surface area contributed by atoms with Crippen molar-refractivity contribution in [2.24, 2.45) is 0 Å². The smallest absolute Gasteiger partial charge is 0.264 e. The Hall–Kier alpha value is -2.61. The molecule has 8 heteroatoms. The standard InChI is InChI=1S/C18H21FN2O4S/c1-4-25-16-9-7-15(8-10-16)21(13-18(22)20(2)3)26(23,24)17-11-5-14(19)6-12-17/h5-12H,4,13H2,1-3H3. The van der Waals surface area contributed by atoms with E-state index in [0.717, 1.165) is 16.4 Å². The van der Waals surface area contributed by atoms with E-state index in [0.29, 0.717) is 18.0 Å². The fourth-order valence-electron chi connectivity index (χ4n) is 2.19. The molecular weight excluding hydrogens is 359 g/mol. The molecule has 0 spiro atoms. The minimum Gasteiger partial charge on any atom is -0.494 e. The van der Waals surface area contributed by atoms with Gasteiger partial charge in [-0.3, -0.25) is 9.10 Å². The van der Waals surface area contributed by atoms with Gasteiger partial charge < -0.3 is 9.64 Å².